The second-order valence-corrected chi connectivity index (χ2v) is 9.29. The number of fused-ring (bicyclic) bond motifs is 2. The summed E-state index contributed by atoms with van der Waals surface area (Å²) < 4.78 is 4.50. The van der Waals surface area contributed by atoms with Gasteiger partial charge in [0.1, 0.15) is 10.4 Å². The molecule has 5 nitrogen and oxygen atoms in total. The molecule has 0 saturated heterocycles. The highest BCUT2D eigenvalue weighted by atomic mass is 32.2. The first kappa shape index (κ1) is 20.8. The molecule has 0 bridgehead atoms. The van der Waals surface area contributed by atoms with Crippen LogP contribution in [-0.4, -0.2) is 27.5 Å². The molecule has 0 spiro atoms. The maximum Gasteiger partial charge on any atom is 0.321 e. The quantitative estimate of drug-likeness (QED) is 0.298. The standard InChI is InChI=1S/C25H21N3O2S/c1-4-30-24(29)25(2,3)31-18-11-9-17-15-27-28-23(22(17)13-18)21-12-10-16(14-26)19-7-5-6-8-20(19)21/h5-13,15H,4H2,1-3H3. The monoisotopic (exact) mass is 427 g/mol. The number of carbonyl (C=O) groups excluding carboxylic acids is 1. The highest BCUT2D eigenvalue weighted by Crippen LogP contribution is 2.38. The Bertz CT molecular complexity index is 1340. The van der Waals surface area contributed by atoms with Gasteiger partial charge in [-0.25, -0.2) is 0 Å². The van der Waals surface area contributed by atoms with Gasteiger partial charge in [0, 0.05) is 26.6 Å². The van der Waals surface area contributed by atoms with Crippen LogP contribution in [0.3, 0.4) is 0 Å². The third-order valence-electron chi connectivity index (χ3n) is 5.07. The van der Waals surface area contributed by atoms with E-state index in [0.29, 0.717) is 12.2 Å². The van der Waals surface area contributed by atoms with Crippen LogP contribution in [0.4, 0.5) is 0 Å². The number of esters is 1. The van der Waals surface area contributed by atoms with Crippen molar-refractivity contribution in [2.24, 2.45) is 0 Å². The van der Waals surface area contributed by atoms with Crippen molar-refractivity contribution in [3.63, 3.8) is 0 Å². The van der Waals surface area contributed by atoms with Crippen LogP contribution in [0.25, 0.3) is 32.8 Å². The van der Waals surface area contributed by atoms with E-state index in [-0.39, 0.29) is 5.97 Å². The highest BCUT2D eigenvalue weighted by molar-refractivity contribution is 8.01. The number of hydrogen-bond acceptors (Lipinski definition) is 6. The van der Waals surface area contributed by atoms with Crippen molar-refractivity contribution in [3.05, 3.63) is 66.4 Å². The molecule has 0 radical (unpaired) electrons. The van der Waals surface area contributed by atoms with E-state index in [1.165, 1.54) is 11.8 Å². The topological polar surface area (TPSA) is 75.9 Å². The van der Waals surface area contributed by atoms with E-state index < -0.39 is 4.75 Å². The summed E-state index contributed by atoms with van der Waals surface area (Å²) in [7, 11) is 0. The summed E-state index contributed by atoms with van der Waals surface area (Å²) in [6, 6.07) is 19.8. The molecule has 0 atom stereocenters. The minimum atomic E-state index is -0.717. The van der Waals surface area contributed by atoms with Gasteiger partial charge < -0.3 is 4.74 Å². The molecule has 0 aliphatic carbocycles. The van der Waals surface area contributed by atoms with Gasteiger partial charge in [-0.2, -0.15) is 10.4 Å². The minimum Gasteiger partial charge on any atom is -0.465 e. The molecule has 3 aromatic carbocycles. The molecule has 0 aliphatic heterocycles. The smallest absolute Gasteiger partial charge is 0.321 e. The summed E-state index contributed by atoms with van der Waals surface area (Å²) >= 11 is 1.46. The first-order chi connectivity index (χ1) is 14.9. The van der Waals surface area contributed by atoms with Gasteiger partial charge in [-0.3, -0.25) is 4.79 Å². The number of nitriles is 1. The summed E-state index contributed by atoms with van der Waals surface area (Å²) in [5.41, 5.74) is 2.29. The number of ether oxygens (including phenoxy) is 1. The van der Waals surface area contributed by atoms with Crippen LogP contribution in [0.1, 0.15) is 26.3 Å². The number of nitrogens with zero attached hydrogens (tertiary/aromatic N) is 3. The first-order valence-corrected chi connectivity index (χ1v) is 10.8. The molecule has 0 fully saturated rings. The number of rotatable bonds is 5. The van der Waals surface area contributed by atoms with E-state index in [1.54, 1.807) is 6.20 Å². The maximum atomic E-state index is 12.3. The van der Waals surface area contributed by atoms with Gasteiger partial charge in [0.15, 0.2) is 0 Å². The highest BCUT2D eigenvalue weighted by Gasteiger charge is 2.30. The minimum absolute atomic E-state index is 0.244. The third kappa shape index (κ3) is 3.97. The molecule has 0 saturated carbocycles. The van der Waals surface area contributed by atoms with Crippen molar-refractivity contribution in [2.75, 3.05) is 6.61 Å². The summed E-state index contributed by atoms with van der Waals surface area (Å²) in [5.74, 6) is -0.244. The molecule has 4 aromatic rings. The van der Waals surface area contributed by atoms with Crippen LogP contribution in [0.15, 0.2) is 65.7 Å². The lowest BCUT2D eigenvalue weighted by molar-refractivity contribution is -0.145. The van der Waals surface area contributed by atoms with Crippen molar-refractivity contribution >= 4 is 39.3 Å². The number of thioether (sulfide) groups is 1. The van der Waals surface area contributed by atoms with E-state index >= 15 is 0 Å². The zero-order chi connectivity index (χ0) is 22.0. The van der Waals surface area contributed by atoms with E-state index in [2.05, 4.69) is 16.3 Å². The molecule has 6 heteroatoms. The Morgan fingerprint density at radius 1 is 1.10 bits per heavy atom. The Kier molecular flexibility index (Phi) is 5.62. The second-order valence-electron chi connectivity index (χ2n) is 7.59. The van der Waals surface area contributed by atoms with Gasteiger partial charge in [0.25, 0.3) is 0 Å². The average Bonchev–Trinajstić information content (AvgIpc) is 2.78. The summed E-state index contributed by atoms with van der Waals surface area (Å²) in [4.78, 5) is 13.3. The Morgan fingerprint density at radius 3 is 2.61 bits per heavy atom. The van der Waals surface area contributed by atoms with Gasteiger partial charge >= 0.3 is 5.97 Å². The largest absolute Gasteiger partial charge is 0.465 e. The Morgan fingerprint density at radius 2 is 1.87 bits per heavy atom. The Labute approximate surface area is 185 Å². The zero-order valence-corrected chi connectivity index (χ0v) is 18.4. The SMILES string of the molecule is CCOC(=O)C(C)(C)Sc1ccc2cnnc(-c3ccc(C#N)c4ccccc34)c2c1. The van der Waals surface area contributed by atoms with Crippen LogP contribution in [0.5, 0.6) is 0 Å². The lowest BCUT2D eigenvalue weighted by Gasteiger charge is -2.22. The van der Waals surface area contributed by atoms with Gasteiger partial charge in [-0.15, -0.1) is 16.9 Å². The van der Waals surface area contributed by atoms with Crippen molar-refractivity contribution in [3.8, 4) is 17.3 Å². The molecule has 1 heterocycles. The lowest BCUT2D eigenvalue weighted by atomic mass is 9.96. The maximum absolute atomic E-state index is 12.3. The van der Waals surface area contributed by atoms with Gasteiger partial charge in [0.2, 0.25) is 0 Å². The number of hydrogen-bond donors (Lipinski definition) is 0. The predicted molar refractivity (Wildman–Crippen MR) is 124 cm³/mol. The molecule has 0 unspecified atom stereocenters. The molecule has 1 aromatic heterocycles. The second kappa shape index (κ2) is 8.37. The van der Waals surface area contributed by atoms with Crippen LogP contribution < -0.4 is 0 Å². The van der Waals surface area contributed by atoms with E-state index in [9.17, 15) is 10.1 Å². The molecule has 4 rings (SSSR count). The van der Waals surface area contributed by atoms with Gasteiger partial charge in [0.05, 0.1) is 24.4 Å². The van der Waals surface area contributed by atoms with Crippen molar-refractivity contribution in [2.45, 2.75) is 30.4 Å². The normalized spacial score (nSPS) is 11.4. The van der Waals surface area contributed by atoms with E-state index in [4.69, 9.17) is 4.74 Å². The van der Waals surface area contributed by atoms with E-state index in [1.807, 2.05) is 75.4 Å². The molecule has 0 N–H and O–H groups in total. The molecule has 0 aliphatic rings. The molecule has 0 amide bonds. The first-order valence-electron chi connectivity index (χ1n) is 9.98. The van der Waals surface area contributed by atoms with Crippen LogP contribution >= 0.6 is 11.8 Å². The zero-order valence-electron chi connectivity index (χ0n) is 17.5. The molecule has 154 valence electrons. The molecular weight excluding hydrogens is 406 g/mol. The summed E-state index contributed by atoms with van der Waals surface area (Å²) in [6.07, 6.45) is 1.73. The van der Waals surface area contributed by atoms with E-state index in [0.717, 1.165) is 37.7 Å². The number of benzene rings is 3. The Balaban J connectivity index is 1.86. The van der Waals surface area contributed by atoms with Crippen molar-refractivity contribution in [1.82, 2.24) is 10.2 Å². The van der Waals surface area contributed by atoms with Crippen LogP contribution in [-0.2, 0) is 9.53 Å². The molecular formula is C25H21N3O2S. The van der Waals surface area contributed by atoms with Crippen molar-refractivity contribution < 1.29 is 9.53 Å². The van der Waals surface area contributed by atoms with Crippen molar-refractivity contribution in [1.29, 1.82) is 5.26 Å². The third-order valence-corrected chi connectivity index (χ3v) is 6.24. The predicted octanol–water partition coefficient (Wildman–Crippen LogP) is 5.76. The van der Waals surface area contributed by atoms with Crippen LogP contribution in [0.2, 0.25) is 0 Å². The fourth-order valence-corrected chi connectivity index (χ4v) is 4.61. The van der Waals surface area contributed by atoms with Crippen LogP contribution in [0, 0.1) is 11.3 Å². The summed E-state index contributed by atoms with van der Waals surface area (Å²) in [5, 5.41) is 21.9. The Hall–Kier alpha value is -3.43. The van der Waals surface area contributed by atoms with Gasteiger partial charge in [-0.05, 0) is 44.4 Å². The fraction of sp³-hybridized carbons (Fsp3) is 0.200. The average molecular weight is 428 g/mol. The fourth-order valence-electron chi connectivity index (χ4n) is 3.56. The summed E-state index contributed by atoms with van der Waals surface area (Å²) in [6.45, 7) is 5.88. The lowest BCUT2D eigenvalue weighted by Crippen LogP contribution is -2.29. The molecule has 31 heavy (non-hydrogen) atoms. The number of carbonyl (C=O) groups is 1. The number of aromatic nitrogens is 2. The van der Waals surface area contributed by atoms with Gasteiger partial charge in [-0.1, -0.05) is 36.4 Å².